The minimum Gasteiger partial charge on any atom is -0.493 e. The number of halogens is 1. The van der Waals surface area contributed by atoms with Crippen molar-refractivity contribution in [2.24, 2.45) is 0 Å². The summed E-state index contributed by atoms with van der Waals surface area (Å²) in [4.78, 5) is 11.3. The van der Waals surface area contributed by atoms with E-state index >= 15 is 0 Å². The molecule has 3 nitrogen and oxygen atoms in total. The van der Waals surface area contributed by atoms with Crippen molar-refractivity contribution in [1.29, 1.82) is 0 Å². The standard InChI is InChI=1S/C16H15FO3/c1-10-6-12(17)4-5-13(10)14-8-16(20-3)15(19-2)7-11(14)9-18/h4-9H,1-3H3. The fraction of sp³-hybridized carbons (Fsp3) is 0.188. The number of hydrogen-bond acceptors (Lipinski definition) is 3. The van der Waals surface area contributed by atoms with Crippen LogP contribution >= 0.6 is 0 Å². The van der Waals surface area contributed by atoms with Gasteiger partial charge < -0.3 is 9.47 Å². The number of aryl methyl sites for hydroxylation is 1. The van der Waals surface area contributed by atoms with E-state index in [1.54, 1.807) is 25.1 Å². The lowest BCUT2D eigenvalue weighted by Crippen LogP contribution is -1.96. The van der Waals surface area contributed by atoms with Crippen molar-refractivity contribution in [1.82, 2.24) is 0 Å². The van der Waals surface area contributed by atoms with E-state index in [0.717, 1.165) is 17.4 Å². The van der Waals surface area contributed by atoms with Crippen molar-refractivity contribution in [3.63, 3.8) is 0 Å². The normalized spacial score (nSPS) is 10.2. The molecular formula is C16H15FO3. The Hall–Kier alpha value is -2.36. The summed E-state index contributed by atoms with van der Waals surface area (Å²) in [5.74, 6) is 0.703. The van der Waals surface area contributed by atoms with E-state index in [1.807, 2.05) is 0 Å². The quantitative estimate of drug-likeness (QED) is 0.799. The lowest BCUT2D eigenvalue weighted by Gasteiger charge is -2.14. The van der Waals surface area contributed by atoms with Crippen molar-refractivity contribution in [2.45, 2.75) is 6.92 Å². The molecule has 0 bridgehead atoms. The van der Waals surface area contributed by atoms with Crippen molar-refractivity contribution in [3.8, 4) is 22.6 Å². The zero-order chi connectivity index (χ0) is 14.7. The van der Waals surface area contributed by atoms with Crippen LogP contribution in [0.2, 0.25) is 0 Å². The molecule has 0 N–H and O–H groups in total. The van der Waals surface area contributed by atoms with Crippen LogP contribution in [0, 0.1) is 12.7 Å². The predicted octanol–water partition coefficient (Wildman–Crippen LogP) is 3.63. The molecule has 0 aliphatic heterocycles. The van der Waals surface area contributed by atoms with Gasteiger partial charge in [0.2, 0.25) is 0 Å². The van der Waals surface area contributed by atoms with Crippen LogP contribution in [-0.4, -0.2) is 20.5 Å². The van der Waals surface area contributed by atoms with Crippen LogP contribution in [0.3, 0.4) is 0 Å². The van der Waals surface area contributed by atoms with Gasteiger partial charge in [0, 0.05) is 5.56 Å². The zero-order valence-electron chi connectivity index (χ0n) is 11.6. The second-order valence-corrected chi connectivity index (χ2v) is 4.37. The minimum absolute atomic E-state index is 0.306. The highest BCUT2D eigenvalue weighted by molar-refractivity contribution is 5.90. The van der Waals surface area contributed by atoms with E-state index in [0.29, 0.717) is 22.6 Å². The SMILES string of the molecule is COc1cc(C=O)c(-c2ccc(F)cc2C)cc1OC. The van der Waals surface area contributed by atoms with Gasteiger partial charge >= 0.3 is 0 Å². The molecule has 2 aromatic rings. The molecule has 0 saturated heterocycles. The van der Waals surface area contributed by atoms with Gasteiger partial charge in [0.25, 0.3) is 0 Å². The van der Waals surface area contributed by atoms with Crippen molar-refractivity contribution < 1.29 is 18.7 Å². The highest BCUT2D eigenvalue weighted by Gasteiger charge is 2.14. The van der Waals surface area contributed by atoms with Gasteiger partial charge in [-0.3, -0.25) is 4.79 Å². The Balaban J connectivity index is 2.68. The third kappa shape index (κ3) is 2.50. The minimum atomic E-state index is -0.306. The first-order valence-corrected chi connectivity index (χ1v) is 6.08. The van der Waals surface area contributed by atoms with Crippen LogP contribution in [0.5, 0.6) is 11.5 Å². The monoisotopic (exact) mass is 274 g/mol. The number of methoxy groups -OCH3 is 2. The number of rotatable bonds is 4. The third-order valence-electron chi connectivity index (χ3n) is 3.16. The summed E-state index contributed by atoms with van der Waals surface area (Å²) in [6, 6.07) is 7.79. The van der Waals surface area contributed by atoms with Gasteiger partial charge in [-0.2, -0.15) is 0 Å². The van der Waals surface area contributed by atoms with Gasteiger partial charge in [0.15, 0.2) is 17.8 Å². The van der Waals surface area contributed by atoms with Gasteiger partial charge in [-0.15, -0.1) is 0 Å². The van der Waals surface area contributed by atoms with Crippen LogP contribution in [0.4, 0.5) is 4.39 Å². The number of benzene rings is 2. The maximum Gasteiger partial charge on any atom is 0.161 e. The average Bonchev–Trinajstić information content (AvgIpc) is 2.46. The summed E-state index contributed by atoms with van der Waals surface area (Å²) < 4.78 is 23.6. The second-order valence-electron chi connectivity index (χ2n) is 4.37. The predicted molar refractivity (Wildman–Crippen MR) is 75.1 cm³/mol. The van der Waals surface area contributed by atoms with E-state index in [4.69, 9.17) is 9.47 Å². The summed E-state index contributed by atoms with van der Waals surface area (Å²) >= 11 is 0. The lowest BCUT2D eigenvalue weighted by molar-refractivity contribution is 0.112. The van der Waals surface area contributed by atoms with Crippen molar-refractivity contribution >= 4 is 6.29 Å². The molecule has 0 aliphatic carbocycles. The van der Waals surface area contributed by atoms with Crippen LogP contribution in [-0.2, 0) is 0 Å². The molecule has 0 saturated carbocycles. The molecule has 0 aliphatic rings. The topological polar surface area (TPSA) is 35.5 Å². The molecule has 0 unspecified atom stereocenters. The third-order valence-corrected chi connectivity index (χ3v) is 3.16. The number of hydrogen-bond donors (Lipinski definition) is 0. The van der Waals surface area contributed by atoms with Gasteiger partial charge in [-0.25, -0.2) is 4.39 Å². The van der Waals surface area contributed by atoms with Crippen LogP contribution in [0.1, 0.15) is 15.9 Å². The van der Waals surface area contributed by atoms with Crippen molar-refractivity contribution in [3.05, 3.63) is 47.3 Å². The number of ether oxygens (including phenoxy) is 2. The fourth-order valence-corrected chi connectivity index (χ4v) is 2.15. The molecule has 0 amide bonds. The molecule has 4 heteroatoms. The first-order chi connectivity index (χ1) is 9.60. The van der Waals surface area contributed by atoms with Gasteiger partial charge in [0.05, 0.1) is 14.2 Å². The van der Waals surface area contributed by atoms with Crippen LogP contribution in [0.25, 0.3) is 11.1 Å². The Morgan fingerprint density at radius 3 is 2.20 bits per heavy atom. The molecule has 104 valence electrons. The molecule has 0 aromatic heterocycles. The van der Waals surface area contributed by atoms with E-state index < -0.39 is 0 Å². The summed E-state index contributed by atoms with van der Waals surface area (Å²) in [6.45, 7) is 1.80. The zero-order valence-corrected chi connectivity index (χ0v) is 11.6. The number of aldehydes is 1. The molecule has 0 spiro atoms. The van der Waals surface area contributed by atoms with Gasteiger partial charge in [-0.05, 0) is 47.9 Å². The summed E-state index contributed by atoms with van der Waals surface area (Å²) in [5, 5.41) is 0. The Morgan fingerprint density at radius 2 is 1.65 bits per heavy atom. The molecule has 20 heavy (non-hydrogen) atoms. The van der Waals surface area contributed by atoms with Gasteiger partial charge in [0.1, 0.15) is 5.82 Å². The van der Waals surface area contributed by atoms with Gasteiger partial charge in [-0.1, -0.05) is 6.07 Å². The van der Waals surface area contributed by atoms with Crippen LogP contribution in [0.15, 0.2) is 30.3 Å². The lowest BCUT2D eigenvalue weighted by atomic mass is 9.96. The smallest absolute Gasteiger partial charge is 0.161 e. The molecule has 2 aromatic carbocycles. The maximum atomic E-state index is 13.2. The van der Waals surface area contributed by atoms with Crippen molar-refractivity contribution in [2.75, 3.05) is 14.2 Å². The Bertz CT molecular complexity index is 650. The number of carbonyl (C=O) groups excluding carboxylic acids is 1. The summed E-state index contributed by atoms with van der Waals surface area (Å²) in [5.41, 5.74) is 2.70. The Morgan fingerprint density at radius 1 is 1.00 bits per heavy atom. The fourth-order valence-electron chi connectivity index (χ4n) is 2.15. The number of carbonyl (C=O) groups is 1. The molecule has 0 radical (unpaired) electrons. The Kier molecular flexibility index (Phi) is 4.03. The first-order valence-electron chi connectivity index (χ1n) is 6.08. The maximum absolute atomic E-state index is 13.2. The van der Waals surface area contributed by atoms with Crippen LogP contribution < -0.4 is 9.47 Å². The summed E-state index contributed by atoms with van der Waals surface area (Å²) in [6.07, 6.45) is 0.750. The summed E-state index contributed by atoms with van der Waals surface area (Å²) in [7, 11) is 3.04. The van der Waals surface area contributed by atoms with E-state index in [-0.39, 0.29) is 5.82 Å². The molecule has 0 heterocycles. The van der Waals surface area contributed by atoms with E-state index in [1.165, 1.54) is 26.4 Å². The molecule has 0 fully saturated rings. The molecule has 0 atom stereocenters. The first kappa shape index (κ1) is 14.1. The Labute approximate surface area is 117 Å². The highest BCUT2D eigenvalue weighted by Crippen LogP contribution is 2.36. The molecular weight excluding hydrogens is 259 g/mol. The van der Waals surface area contributed by atoms with E-state index in [2.05, 4.69) is 0 Å². The molecule has 2 rings (SSSR count). The second kappa shape index (κ2) is 5.74. The van der Waals surface area contributed by atoms with E-state index in [9.17, 15) is 9.18 Å². The highest BCUT2D eigenvalue weighted by atomic mass is 19.1. The largest absolute Gasteiger partial charge is 0.493 e. The average molecular weight is 274 g/mol.